The maximum atomic E-state index is 14.6. The molecule has 1 aliphatic heterocycles. The number of carbonyl (C=O) groups excluding carboxylic acids is 1. The first-order valence-corrected chi connectivity index (χ1v) is 5.98. The van der Waals surface area contributed by atoms with Crippen molar-refractivity contribution >= 4 is 11.5 Å². The average molecular weight is 268 g/mol. The Balaban J connectivity index is 2.47. The number of nitrogens with zero attached hydrogens (tertiary/aromatic N) is 1. The van der Waals surface area contributed by atoms with Crippen molar-refractivity contribution in [3.8, 4) is 0 Å². The zero-order valence-corrected chi connectivity index (χ0v) is 10.6. The monoisotopic (exact) mass is 268 g/mol. The Morgan fingerprint density at radius 1 is 1.47 bits per heavy atom. The number of nitrogens with one attached hydrogen (secondary N) is 1. The van der Waals surface area contributed by atoms with Crippen molar-refractivity contribution in [2.45, 2.75) is 13.3 Å². The number of amides is 1. The number of hydrogen-bond donors (Lipinski definition) is 1. The molecule has 0 aliphatic carbocycles. The highest BCUT2D eigenvalue weighted by Gasteiger charge is 2.17. The molecule has 1 heterocycles. The Morgan fingerprint density at radius 3 is 2.84 bits per heavy atom. The fraction of sp³-hybridized carbons (Fsp3) is 0.400. The van der Waals surface area contributed by atoms with Crippen molar-refractivity contribution in [1.82, 2.24) is 10.2 Å². The van der Waals surface area contributed by atoms with Crippen LogP contribution >= 0.6 is 0 Å². The Kier molecular flexibility index (Phi) is 2.27. The van der Waals surface area contributed by atoms with Crippen LogP contribution in [0.1, 0.15) is 36.1 Å². The summed E-state index contributed by atoms with van der Waals surface area (Å²) in [5.74, 6) is -1.93. The van der Waals surface area contributed by atoms with Gasteiger partial charge in [-0.1, -0.05) is 6.08 Å². The molecule has 1 aromatic rings. The molecule has 3 nitrogen and oxygen atoms in total. The topological polar surface area (TPSA) is 32.3 Å². The van der Waals surface area contributed by atoms with E-state index in [9.17, 15) is 9.18 Å². The van der Waals surface area contributed by atoms with Gasteiger partial charge in [-0.15, -0.1) is 0 Å². The zero-order chi connectivity index (χ0) is 19.0. The smallest absolute Gasteiger partial charge is 0.253 e. The van der Waals surface area contributed by atoms with Gasteiger partial charge in [0.1, 0.15) is 5.82 Å². The third-order valence-electron chi connectivity index (χ3n) is 3.12. The first-order valence-electron chi connectivity index (χ1n) is 8.98. The Bertz CT molecular complexity index is 674. The number of halogens is 1. The summed E-state index contributed by atoms with van der Waals surface area (Å²) in [7, 11) is 0. The minimum atomic E-state index is -3.16. The first kappa shape index (κ1) is 7.80. The summed E-state index contributed by atoms with van der Waals surface area (Å²) in [6.45, 7) is -3.41. The molecule has 0 atom stereocenters. The van der Waals surface area contributed by atoms with Crippen LogP contribution in [-0.2, 0) is 0 Å². The number of rotatable bonds is 2. The van der Waals surface area contributed by atoms with Crippen molar-refractivity contribution in [3.63, 3.8) is 0 Å². The summed E-state index contributed by atoms with van der Waals surface area (Å²) < 4.78 is 58.4. The summed E-state index contributed by atoms with van der Waals surface area (Å²) >= 11 is 0. The molecule has 102 valence electrons. The van der Waals surface area contributed by atoms with Crippen LogP contribution in [-0.4, -0.2) is 37.8 Å². The molecular formula is C15H19FN2O. The van der Waals surface area contributed by atoms with E-state index >= 15 is 0 Å². The Hall–Kier alpha value is -1.68. The molecular weight excluding hydrogens is 243 g/mol. The van der Waals surface area contributed by atoms with Crippen LogP contribution in [0.15, 0.2) is 18.2 Å². The molecule has 1 amide bonds. The third kappa shape index (κ3) is 2.84. The highest BCUT2D eigenvalue weighted by molar-refractivity contribution is 5.94. The van der Waals surface area contributed by atoms with Gasteiger partial charge in [-0.25, -0.2) is 4.39 Å². The van der Waals surface area contributed by atoms with E-state index in [1.54, 1.807) is 6.92 Å². The first-order chi connectivity index (χ1) is 11.4. The second-order valence-corrected chi connectivity index (χ2v) is 4.47. The quantitative estimate of drug-likeness (QED) is 0.892. The van der Waals surface area contributed by atoms with Crippen molar-refractivity contribution in [2.24, 2.45) is 0 Å². The van der Waals surface area contributed by atoms with Gasteiger partial charge in [-0.3, -0.25) is 4.79 Å². The maximum absolute atomic E-state index is 14.6. The summed E-state index contributed by atoms with van der Waals surface area (Å²) in [5.41, 5.74) is 1.32. The van der Waals surface area contributed by atoms with E-state index in [-0.39, 0.29) is 10.5 Å². The largest absolute Gasteiger partial charge is 0.345 e. The van der Waals surface area contributed by atoms with Crippen molar-refractivity contribution in [1.29, 1.82) is 0 Å². The molecule has 2 rings (SSSR count). The Morgan fingerprint density at radius 2 is 2.26 bits per heavy atom. The second-order valence-electron chi connectivity index (χ2n) is 4.47. The molecule has 0 spiro atoms. The molecule has 1 aromatic carbocycles. The van der Waals surface area contributed by atoms with Crippen molar-refractivity contribution in [2.75, 3.05) is 27.0 Å². The molecule has 0 radical (unpaired) electrons. The van der Waals surface area contributed by atoms with Gasteiger partial charge in [0.25, 0.3) is 5.91 Å². The standard InChI is InChI=1S/C15H19FN2O/c1-10-8-12(15(19)18(2)3)9-13(16)14(10)11-4-6-17-7-5-11/h4,8-9,17H,5-7H2,1-3H3/i2D3,3D3. The highest BCUT2D eigenvalue weighted by Crippen LogP contribution is 2.27. The van der Waals surface area contributed by atoms with Crippen LogP contribution in [0.2, 0.25) is 0 Å². The normalized spacial score (nSPS) is 21.1. The summed E-state index contributed by atoms with van der Waals surface area (Å²) in [5, 5.41) is 3.12. The molecule has 0 fully saturated rings. The van der Waals surface area contributed by atoms with Gasteiger partial charge in [-0.05, 0) is 43.2 Å². The van der Waals surface area contributed by atoms with E-state index in [1.807, 2.05) is 6.08 Å². The summed E-state index contributed by atoms with van der Waals surface area (Å²) in [4.78, 5) is 12.3. The van der Waals surface area contributed by atoms with E-state index in [0.29, 0.717) is 30.6 Å². The third-order valence-corrected chi connectivity index (χ3v) is 3.12. The van der Waals surface area contributed by atoms with E-state index < -0.39 is 25.7 Å². The van der Waals surface area contributed by atoms with E-state index in [1.165, 1.54) is 6.07 Å². The lowest BCUT2D eigenvalue weighted by Crippen LogP contribution is -2.23. The van der Waals surface area contributed by atoms with Gasteiger partial charge in [0, 0.05) is 39.8 Å². The van der Waals surface area contributed by atoms with Crippen molar-refractivity contribution in [3.05, 3.63) is 40.7 Å². The van der Waals surface area contributed by atoms with Gasteiger partial charge in [-0.2, -0.15) is 0 Å². The number of carbonyl (C=O) groups is 1. The zero-order valence-electron chi connectivity index (χ0n) is 16.6. The molecule has 1 aliphatic rings. The lowest BCUT2D eigenvalue weighted by Gasteiger charge is -2.18. The molecule has 19 heavy (non-hydrogen) atoms. The van der Waals surface area contributed by atoms with Crippen LogP contribution in [0.5, 0.6) is 0 Å². The summed E-state index contributed by atoms with van der Waals surface area (Å²) in [6, 6.07) is 2.23. The molecule has 0 aromatic heterocycles. The molecule has 0 saturated heterocycles. The average Bonchev–Trinajstić information content (AvgIpc) is 2.44. The second kappa shape index (κ2) is 5.53. The van der Waals surface area contributed by atoms with Crippen LogP contribution in [0.25, 0.3) is 5.57 Å². The Labute approximate surface area is 121 Å². The predicted octanol–water partition coefficient (Wildman–Crippen LogP) is 2.21. The number of hydrogen-bond acceptors (Lipinski definition) is 2. The number of aryl methyl sites for hydroxylation is 1. The minimum absolute atomic E-state index is 0.169. The van der Waals surface area contributed by atoms with Gasteiger partial charge in [0.05, 0.1) is 0 Å². The van der Waals surface area contributed by atoms with E-state index in [2.05, 4.69) is 5.32 Å². The van der Waals surface area contributed by atoms with Gasteiger partial charge >= 0.3 is 0 Å². The lowest BCUT2D eigenvalue weighted by molar-refractivity contribution is 0.0827. The number of benzene rings is 1. The van der Waals surface area contributed by atoms with Crippen LogP contribution in [0.3, 0.4) is 0 Å². The molecule has 0 unspecified atom stereocenters. The van der Waals surface area contributed by atoms with E-state index in [4.69, 9.17) is 8.22 Å². The van der Waals surface area contributed by atoms with Gasteiger partial charge < -0.3 is 10.2 Å². The SMILES string of the molecule is [2H]C([2H])([2H])N(C(=O)c1cc(C)c(C2=CCNCC2)c(F)c1)C([2H])([2H])[2H]. The molecule has 0 saturated carbocycles. The minimum Gasteiger partial charge on any atom is -0.345 e. The maximum Gasteiger partial charge on any atom is 0.253 e. The fourth-order valence-electron chi connectivity index (χ4n) is 2.25. The fourth-order valence-corrected chi connectivity index (χ4v) is 2.25. The van der Waals surface area contributed by atoms with Crippen molar-refractivity contribution < 1.29 is 17.4 Å². The molecule has 0 bridgehead atoms. The van der Waals surface area contributed by atoms with E-state index in [0.717, 1.165) is 11.6 Å². The van der Waals surface area contributed by atoms with Gasteiger partial charge in [0.15, 0.2) is 0 Å². The van der Waals surface area contributed by atoms with Crippen LogP contribution in [0, 0.1) is 12.7 Å². The van der Waals surface area contributed by atoms with Crippen LogP contribution < -0.4 is 5.32 Å². The van der Waals surface area contributed by atoms with Gasteiger partial charge in [0.2, 0.25) is 0 Å². The predicted molar refractivity (Wildman–Crippen MR) is 74.6 cm³/mol. The molecule has 1 N–H and O–H groups in total. The highest BCUT2D eigenvalue weighted by atomic mass is 19.1. The lowest BCUT2D eigenvalue weighted by atomic mass is 9.93. The summed E-state index contributed by atoms with van der Waals surface area (Å²) in [6.07, 6.45) is 2.48. The molecule has 4 heteroatoms. The van der Waals surface area contributed by atoms with Crippen LogP contribution in [0.4, 0.5) is 4.39 Å².